The third-order valence-corrected chi connectivity index (χ3v) is 2.15. The molecule has 0 N–H and O–H groups in total. The van der Waals surface area contributed by atoms with Crippen molar-refractivity contribution in [2.75, 3.05) is 18.5 Å². The second-order valence-electron chi connectivity index (χ2n) is 2.86. The van der Waals surface area contributed by atoms with Crippen molar-refractivity contribution in [2.24, 2.45) is 0 Å². The zero-order valence-corrected chi connectivity index (χ0v) is 8.70. The van der Waals surface area contributed by atoms with Crippen LogP contribution in [-0.4, -0.2) is 13.6 Å². The summed E-state index contributed by atoms with van der Waals surface area (Å²) in [5.74, 6) is 0. The standard InChI is InChI=1S/C11H11ClN2/c1-14(9-5-4-8-13)11-7-3-2-6-10(11)12/h2-7H,9H2,1H3/b5-4+. The summed E-state index contributed by atoms with van der Waals surface area (Å²) >= 11 is 6.00. The van der Waals surface area contributed by atoms with Crippen LogP contribution in [0.3, 0.4) is 0 Å². The van der Waals surface area contributed by atoms with E-state index in [1.807, 2.05) is 42.3 Å². The summed E-state index contributed by atoms with van der Waals surface area (Å²) in [5, 5.41) is 9.05. The highest BCUT2D eigenvalue weighted by atomic mass is 35.5. The highest BCUT2D eigenvalue weighted by Gasteiger charge is 2.02. The van der Waals surface area contributed by atoms with Crippen LogP contribution in [0.4, 0.5) is 5.69 Å². The number of nitriles is 1. The van der Waals surface area contributed by atoms with Gasteiger partial charge in [-0.3, -0.25) is 0 Å². The third-order valence-electron chi connectivity index (χ3n) is 1.84. The van der Waals surface area contributed by atoms with Gasteiger partial charge in [-0.2, -0.15) is 5.26 Å². The van der Waals surface area contributed by atoms with Crippen LogP contribution >= 0.6 is 11.6 Å². The first-order chi connectivity index (χ1) is 6.75. The van der Waals surface area contributed by atoms with E-state index in [2.05, 4.69) is 0 Å². The lowest BCUT2D eigenvalue weighted by Gasteiger charge is -2.18. The third kappa shape index (κ3) is 2.79. The van der Waals surface area contributed by atoms with Crippen LogP contribution < -0.4 is 4.90 Å². The fraction of sp³-hybridized carbons (Fsp3) is 0.182. The van der Waals surface area contributed by atoms with Gasteiger partial charge in [0.15, 0.2) is 0 Å². The quantitative estimate of drug-likeness (QED) is 0.712. The molecule has 0 aromatic heterocycles. The topological polar surface area (TPSA) is 27.0 Å². The van der Waals surface area contributed by atoms with Gasteiger partial charge in [0, 0.05) is 19.7 Å². The lowest BCUT2D eigenvalue weighted by molar-refractivity contribution is 1.03. The highest BCUT2D eigenvalue weighted by molar-refractivity contribution is 6.33. The number of likely N-dealkylation sites (N-methyl/N-ethyl adjacent to an activating group) is 1. The number of hydrogen-bond donors (Lipinski definition) is 0. The van der Waals surface area contributed by atoms with Crippen molar-refractivity contribution in [1.29, 1.82) is 5.26 Å². The number of para-hydroxylation sites is 1. The molecule has 0 radical (unpaired) electrons. The molecule has 0 atom stereocenters. The maximum atomic E-state index is 8.32. The van der Waals surface area contributed by atoms with Gasteiger partial charge in [0.1, 0.15) is 0 Å². The lowest BCUT2D eigenvalue weighted by atomic mass is 10.3. The molecular formula is C11H11ClN2. The van der Waals surface area contributed by atoms with E-state index >= 15 is 0 Å². The van der Waals surface area contributed by atoms with E-state index in [4.69, 9.17) is 16.9 Å². The summed E-state index contributed by atoms with van der Waals surface area (Å²) in [6.07, 6.45) is 3.26. The van der Waals surface area contributed by atoms with Crippen LogP contribution in [0.2, 0.25) is 5.02 Å². The molecule has 1 aromatic rings. The van der Waals surface area contributed by atoms with Crippen LogP contribution in [-0.2, 0) is 0 Å². The summed E-state index contributed by atoms with van der Waals surface area (Å²) < 4.78 is 0. The van der Waals surface area contributed by atoms with Crippen molar-refractivity contribution in [3.8, 4) is 6.07 Å². The molecule has 72 valence electrons. The van der Waals surface area contributed by atoms with Crippen LogP contribution in [0, 0.1) is 11.3 Å². The number of benzene rings is 1. The van der Waals surface area contributed by atoms with Crippen LogP contribution in [0.1, 0.15) is 0 Å². The molecule has 0 saturated carbocycles. The number of halogens is 1. The molecule has 0 spiro atoms. The van der Waals surface area contributed by atoms with Crippen molar-refractivity contribution >= 4 is 17.3 Å². The van der Waals surface area contributed by atoms with Gasteiger partial charge < -0.3 is 4.90 Å². The number of nitrogens with zero attached hydrogens (tertiary/aromatic N) is 2. The molecule has 3 heteroatoms. The largest absolute Gasteiger partial charge is 0.370 e. The highest BCUT2D eigenvalue weighted by Crippen LogP contribution is 2.23. The molecule has 0 aliphatic carbocycles. The van der Waals surface area contributed by atoms with Gasteiger partial charge >= 0.3 is 0 Å². The van der Waals surface area contributed by atoms with Crippen LogP contribution in [0.15, 0.2) is 36.4 Å². The van der Waals surface area contributed by atoms with Gasteiger partial charge in [-0.15, -0.1) is 0 Å². The molecule has 0 fully saturated rings. The van der Waals surface area contributed by atoms with Gasteiger partial charge in [0.25, 0.3) is 0 Å². The summed E-state index contributed by atoms with van der Waals surface area (Å²) in [5.41, 5.74) is 0.969. The molecule has 0 aliphatic rings. The van der Waals surface area contributed by atoms with Crippen molar-refractivity contribution < 1.29 is 0 Å². The monoisotopic (exact) mass is 206 g/mol. The Labute approximate surface area is 89.0 Å². The van der Waals surface area contributed by atoms with Crippen molar-refractivity contribution in [2.45, 2.75) is 0 Å². The van der Waals surface area contributed by atoms with Crippen LogP contribution in [0.5, 0.6) is 0 Å². The first kappa shape index (κ1) is 10.6. The van der Waals surface area contributed by atoms with Crippen molar-refractivity contribution in [3.63, 3.8) is 0 Å². The maximum Gasteiger partial charge on any atom is 0.0909 e. The Kier molecular flexibility index (Phi) is 4.03. The van der Waals surface area contributed by atoms with E-state index < -0.39 is 0 Å². The van der Waals surface area contributed by atoms with Gasteiger partial charge in [-0.05, 0) is 12.1 Å². The summed E-state index contributed by atoms with van der Waals surface area (Å²) in [6, 6.07) is 9.57. The minimum Gasteiger partial charge on any atom is -0.370 e. The molecular weight excluding hydrogens is 196 g/mol. The van der Waals surface area contributed by atoms with Gasteiger partial charge in [0.2, 0.25) is 0 Å². The minimum absolute atomic E-state index is 0.678. The Morgan fingerprint density at radius 1 is 1.50 bits per heavy atom. The molecule has 0 amide bonds. The molecule has 0 saturated heterocycles. The summed E-state index contributed by atoms with van der Waals surface area (Å²) in [4.78, 5) is 1.98. The zero-order valence-electron chi connectivity index (χ0n) is 7.94. The smallest absolute Gasteiger partial charge is 0.0909 e. The van der Waals surface area contributed by atoms with E-state index in [0.717, 1.165) is 10.7 Å². The second-order valence-corrected chi connectivity index (χ2v) is 3.27. The lowest BCUT2D eigenvalue weighted by Crippen LogP contribution is -2.16. The minimum atomic E-state index is 0.678. The molecule has 0 unspecified atom stereocenters. The second kappa shape index (κ2) is 5.31. The Hall–Kier alpha value is -1.46. The van der Waals surface area contributed by atoms with Crippen molar-refractivity contribution in [3.05, 3.63) is 41.4 Å². The van der Waals surface area contributed by atoms with E-state index in [1.165, 1.54) is 6.08 Å². The number of allylic oxidation sites excluding steroid dienone is 1. The Bertz CT molecular complexity index is 366. The van der Waals surface area contributed by atoms with E-state index in [-0.39, 0.29) is 0 Å². The fourth-order valence-electron chi connectivity index (χ4n) is 1.12. The fourth-order valence-corrected chi connectivity index (χ4v) is 1.40. The molecule has 0 aliphatic heterocycles. The molecule has 1 aromatic carbocycles. The average molecular weight is 207 g/mol. The van der Waals surface area contributed by atoms with Gasteiger partial charge in [-0.25, -0.2) is 0 Å². The van der Waals surface area contributed by atoms with E-state index in [0.29, 0.717) is 6.54 Å². The molecule has 1 rings (SSSR count). The zero-order chi connectivity index (χ0) is 10.4. The number of rotatable bonds is 3. The predicted molar refractivity (Wildman–Crippen MR) is 59.5 cm³/mol. The van der Waals surface area contributed by atoms with E-state index in [9.17, 15) is 0 Å². The molecule has 2 nitrogen and oxygen atoms in total. The first-order valence-electron chi connectivity index (χ1n) is 4.26. The maximum absolute atomic E-state index is 8.32. The first-order valence-corrected chi connectivity index (χ1v) is 4.64. The summed E-state index contributed by atoms with van der Waals surface area (Å²) in [6.45, 7) is 0.678. The normalized spacial score (nSPS) is 10.1. The van der Waals surface area contributed by atoms with Crippen LogP contribution in [0.25, 0.3) is 0 Å². The molecule has 0 bridgehead atoms. The number of hydrogen-bond acceptors (Lipinski definition) is 2. The van der Waals surface area contributed by atoms with Gasteiger partial charge in [-0.1, -0.05) is 29.8 Å². The Balaban J connectivity index is 2.70. The average Bonchev–Trinajstić information content (AvgIpc) is 2.18. The summed E-state index contributed by atoms with van der Waals surface area (Å²) in [7, 11) is 1.93. The number of anilines is 1. The predicted octanol–water partition coefficient (Wildman–Crippen LogP) is 2.86. The van der Waals surface area contributed by atoms with Gasteiger partial charge in [0.05, 0.1) is 16.8 Å². The Morgan fingerprint density at radius 2 is 2.21 bits per heavy atom. The van der Waals surface area contributed by atoms with Crippen molar-refractivity contribution in [1.82, 2.24) is 0 Å². The van der Waals surface area contributed by atoms with E-state index in [1.54, 1.807) is 6.08 Å². The SMILES string of the molecule is CN(C/C=C/C#N)c1ccccc1Cl. The Morgan fingerprint density at radius 3 is 2.86 bits per heavy atom. The molecule has 0 heterocycles. The molecule has 14 heavy (non-hydrogen) atoms.